The lowest BCUT2D eigenvalue weighted by atomic mass is 9.81. The Hall–Kier alpha value is -1.69. The summed E-state index contributed by atoms with van der Waals surface area (Å²) in [4.78, 5) is 39.6. The predicted molar refractivity (Wildman–Crippen MR) is 92.2 cm³/mol. The average molecular weight is 348 g/mol. The highest BCUT2D eigenvalue weighted by Crippen LogP contribution is 2.37. The molecule has 0 bridgehead atoms. The molecule has 1 saturated carbocycles. The Bertz CT molecular complexity index is 602. The van der Waals surface area contributed by atoms with Gasteiger partial charge in [-0.05, 0) is 30.2 Å². The molecular weight excluding hydrogens is 324 g/mol. The van der Waals surface area contributed by atoms with Crippen molar-refractivity contribution in [1.29, 1.82) is 0 Å². The van der Waals surface area contributed by atoms with Crippen LogP contribution in [0.25, 0.3) is 0 Å². The average Bonchev–Trinajstić information content (AvgIpc) is 3.16. The molecule has 0 spiro atoms. The molecule has 2 fully saturated rings. The van der Waals surface area contributed by atoms with Gasteiger partial charge in [0, 0.05) is 4.88 Å². The van der Waals surface area contributed by atoms with E-state index in [4.69, 9.17) is 0 Å². The molecule has 0 aromatic carbocycles. The van der Waals surface area contributed by atoms with E-state index in [2.05, 4.69) is 5.32 Å². The van der Waals surface area contributed by atoms with Gasteiger partial charge >= 0.3 is 0 Å². The minimum atomic E-state index is -0.262. The third-order valence-corrected chi connectivity index (χ3v) is 6.02. The van der Waals surface area contributed by atoms with Crippen molar-refractivity contribution in [2.24, 2.45) is 17.8 Å². The molecular formula is C18H24N2O3S. The summed E-state index contributed by atoms with van der Waals surface area (Å²) in [6.45, 7) is 3.94. The Kier molecular flexibility index (Phi) is 5.04. The molecule has 3 amide bonds. The number of hydrogen-bond donors (Lipinski definition) is 1. The Morgan fingerprint density at radius 1 is 1.25 bits per heavy atom. The van der Waals surface area contributed by atoms with Crippen LogP contribution in [0.5, 0.6) is 0 Å². The van der Waals surface area contributed by atoms with Crippen LogP contribution in [0.3, 0.4) is 0 Å². The highest BCUT2D eigenvalue weighted by atomic mass is 32.1. The Balaban J connectivity index is 1.66. The maximum atomic E-state index is 12.5. The largest absolute Gasteiger partial charge is 0.347 e. The van der Waals surface area contributed by atoms with E-state index >= 15 is 0 Å². The van der Waals surface area contributed by atoms with E-state index in [1.165, 1.54) is 4.90 Å². The topological polar surface area (TPSA) is 66.5 Å². The molecule has 130 valence electrons. The molecule has 5 nitrogen and oxygen atoms in total. The normalized spacial score (nSPS) is 25.0. The zero-order valence-corrected chi connectivity index (χ0v) is 15.0. The van der Waals surface area contributed by atoms with Crippen LogP contribution in [0.1, 0.15) is 50.4 Å². The van der Waals surface area contributed by atoms with Gasteiger partial charge in [-0.3, -0.25) is 19.3 Å². The standard InChI is InChI=1S/C18H24N2O3S/c1-11(2)16(14-8-5-9-24-14)19-15(21)10-20-17(22)12-6-3-4-7-13(12)18(20)23/h5,8-9,11-13,16H,3-4,6-7,10H2,1-2H3,(H,19,21)/t12-,13+,16-/m1/s1. The van der Waals surface area contributed by atoms with Crippen LogP contribution in [-0.2, 0) is 14.4 Å². The van der Waals surface area contributed by atoms with E-state index in [1.54, 1.807) is 11.3 Å². The zero-order chi connectivity index (χ0) is 17.3. The number of fused-ring (bicyclic) bond motifs is 1. The molecule has 1 N–H and O–H groups in total. The second-order valence-electron chi connectivity index (χ2n) is 7.06. The van der Waals surface area contributed by atoms with E-state index in [9.17, 15) is 14.4 Å². The van der Waals surface area contributed by atoms with E-state index in [-0.39, 0.29) is 48.1 Å². The molecule has 1 saturated heterocycles. The van der Waals surface area contributed by atoms with Crippen molar-refractivity contribution < 1.29 is 14.4 Å². The lowest BCUT2D eigenvalue weighted by molar-refractivity contribution is -0.143. The minimum absolute atomic E-state index is 0.0902. The van der Waals surface area contributed by atoms with Crippen LogP contribution in [-0.4, -0.2) is 29.2 Å². The zero-order valence-electron chi connectivity index (χ0n) is 14.2. The van der Waals surface area contributed by atoms with Gasteiger partial charge in [-0.15, -0.1) is 11.3 Å². The number of carbonyl (C=O) groups is 3. The number of rotatable bonds is 5. The van der Waals surface area contributed by atoms with E-state index < -0.39 is 0 Å². The molecule has 1 aliphatic carbocycles. The van der Waals surface area contributed by atoms with Gasteiger partial charge in [-0.1, -0.05) is 32.8 Å². The summed E-state index contributed by atoms with van der Waals surface area (Å²) in [7, 11) is 0. The summed E-state index contributed by atoms with van der Waals surface area (Å²) < 4.78 is 0. The predicted octanol–water partition coefficient (Wildman–Crippen LogP) is 2.74. The Morgan fingerprint density at radius 3 is 2.38 bits per heavy atom. The number of imide groups is 1. The van der Waals surface area contributed by atoms with Gasteiger partial charge in [0.1, 0.15) is 6.54 Å². The first-order chi connectivity index (χ1) is 11.5. The molecule has 1 aromatic heterocycles. The van der Waals surface area contributed by atoms with Crippen molar-refractivity contribution in [3.63, 3.8) is 0 Å². The minimum Gasteiger partial charge on any atom is -0.347 e. The van der Waals surface area contributed by atoms with Crippen LogP contribution in [0.4, 0.5) is 0 Å². The Labute approximate surface area is 146 Å². The number of carbonyl (C=O) groups excluding carboxylic acids is 3. The summed E-state index contributed by atoms with van der Waals surface area (Å²) in [5.41, 5.74) is 0. The fourth-order valence-corrected chi connectivity index (χ4v) is 4.73. The van der Waals surface area contributed by atoms with Crippen molar-refractivity contribution in [1.82, 2.24) is 10.2 Å². The van der Waals surface area contributed by atoms with Crippen molar-refractivity contribution >= 4 is 29.1 Å². The fourth-order valence-electron chi connectivity index (χ4n) is 3.78. The van der Waals surface area contributed by atoms with Gasteiger partial charge < -0.3 is 5.32 Å². The summed E-state index contributed by atoms with van der Waals surface area (Å²) in [6, 6.07) is 3.86. The number of nitrogens with one attached hydrogen (secondary N) is 1. The second kappa shape index (κ2) is 7.05. The van der Waals surface area contributed by atoms with E-state index in [1.807, 2.05) is 31.4 Å². The molecule has 2 heterocycles. The second-order valence-corrected chi connectivity index (χ2v) is 8.04. The number of nitrogens with zero attached hydrogens (tertiary/aromatic N) is 1. The van der Waals surface area contributed by atoms with Crippen LogP contribution >= 0.6 is 11.3 Å². The van der Waals surface area contributed by atoms with Crippen molar-refractivity contribution in [3.05, 3.63) is 22.4 Å². The fraction of sp³-hybridized carbons (Fsp3) is 0.611. The van der Waals surface area contributed by atoms with Crippen LogP contribution in [0.15, 0.2) is 17.5 Å². The molecule has 6 heteroatoms. The van der Waals surface area contributed by atoms with Gasteiger partial charge in [0.25, 0.3) is 0 Å². The highest BCUT2D eigenvalue weighted by molar-refractivity contribution is 7.10. The van der Waals surface area contributed by atoms with Crippen molar-refractivity contribution in [3.8, 4) is 0 Å². The maximum absolute atomic E-state index is 12.5. The molecule has 1 aromatic rings. The first-order valence-corrected chi connectivity index (χ1v) is 9.55. The molecule has 1 aliphatic heterocycles. The lowest BCUT2D eigenvalue weighted by Crippen LogP contribution is -2.42. The van der Waals surface area contributed by atoms with Crippen LogP contribution in [0.2, 0.25) is 0 Å². The van der Waals surface area contributed by atoms with E-state index in [0.717, 1.165) is 30.6 Å². The number of likely N-dealkylation sites (tertiary alicyclic amines) is 1. The molecule has 0 radical (unpaired) electrons. The third-order valence-electron chi connectivity index (χ3n) is 5.07. The SMILES string of the molecule is CC(C)[C@@H](NC(=O)CN1C(=O)[C@H]2CCCC[C@H]2C1=O)c1cccs1. The Morgan fingerprint density at radius 2 is 1.88 bits per heavy atom. The first kappa shape index (κ1) is 17.1. The van der Waals surface area contributed by atoms with Crippen LogP contribution < -0.4 is 5.32 Å². The van der Waals surface area contributed by atoms with Gasteiger partial charge in [-0.2, -0.15) is 0 Å². The van der Waals surface area contributed by atoms with Gasteiger partial charge in [0.15, 0.2) is 0 Å². The first-order valence-electron chi connectivity index (χ1n) is 8.67. The summed E-state index contributed by atoms with van der Waals surface area (Å²) >= 11 is 1.60. The number of amides is 3. The summed E-state index contributed by atoms with van der Waals surface area (Å²) in [5, 5.41) is 4.97. The molecule has 2 aliphatic rings. The highest BCUT2D eigenvalue weighted by Gasteiger charge is 2.48. The van der Waals surface area contributed by atoms with Crippen molar-refractivity contribution in [2.45, 2.75) is 45.6 Å². The van der Waals surface area contributed by atoms with Crippen LogP contribution in [0, 0.1) is 17.8 Å². The summed E-state index contributed by atoms with van der Waals surface area (Å²) in [5.74, 6) is -0.730. The lowest BCUT2D eigenvalue weighted by Gasteiger charge is -2.23. The molecule has 3 atom stereocenters. The quantitative estimate of drug-likeness (QED) is 0.832. The van der Waals surface area contributed by atoms with Gasteiger partial charge in [0.05, 0.1) is 17.9 Å². The third kappa shape index (κ3) is 3.24. The number of hydrogen-bond acceptors (Lipinski definition) is 4. The monoisotopic (exact) mass is 348 g/mol. The van der Waals surface area contributed by atoms with Gasteiger partial charge in [0.2, 0.25) is 17.7 Å². The van der Waals surface area contributed by atoms with E-state index in [0.29, 0.717) is 0 Å². The summed E-state index contributed by atoms with van der Waals surface area (Å²) in [6.07, 6.45) is 3.54. The van der Waals surface area contributed by atoms with Crippen molar-refractivity contribution in [2.75, 3.05) is 6.54 Å². The molecule has 0 unspecified atom stereocenters. The molecule has 3 rings (SSSR count). The maximum Gasteiger partial charge on any atom is 0.240 e. The smallest absolute Gasteiger partial charge is 0.240 e. The number of thiophene rings is 1. The van der Waals surface area contributed by atoms with Gasteiger partial charge in [-0.25, -0.2) is 0 Å². The molecule has 24 heavy (non-hydrogen) atoms.